The molecule has 0 fully saturated rings. The normalized spacial score (nSPS) is 15.2. The summed E-state index contributed by atoms with van der Waals surface area (Å²) in [7, 11) is -6.79. The molecule has 0 bridgehead atoms. The average Bonchev–Trinajstić information content (AvgIpc) is 2.29. The summed E-state index contributed by atoms with van der Waals surface area (Å²) in [5.74, 6) is 0. The monoisotopic (exact) mass is 476 g/mol. The Morgan fingerprint density at radius 1 is 0.607 bits per heavy atom. The van der Waals surface area contributed by atoms with Crippen molar-refractivity contribution in [2.75, 3.05) is 13.2 Å². The molecule has 0 radical (unpaired) electrons. The van der Waals surface area contributed by atoms with Crippen LogP contribution in [0.2, 0.25) is 0 Å². The van der Waals surface area contributed by atoms with Crippen LogP contribution in [0.25, 0.3) is 0 Å². The summed E-state index contributed by atoms with van der Waals surface area (Å²) in [5, 5.41) is 0. The zero-order valence-corrected chi connectivity index (χ0v) is 13.4. The number of halogens is 14. The van der Waals surface area contributed by atoms with Crippen molar-refractivity contribution in [1.29, 1.82) is 0 Å². The number of hydrogen-bond acceptors (Lipinski definition) is 4. The van der Waals surface area contributed by atoms with Gasteiger partial charge in [0.15, 0.2) is 0 Å². The minimum atomic E-state index is -6.79. The van der Waals surface area contributed by atoms with Gasteiger partial charge < -0.3 is 9.47 Å². The van der Waals surface area contributed by atoms with E-state index >= 15 is 0 Å². The van der Waals surface area contributed by atoms with Gasteiger partial charge in [0.1, 0.15) is 6.10 Å². The molecule has 0 unspecified atom stereocenters. The molecular formula is C9H7F14O4P. The summed E-state index contributed by atoms with van der Waals surface area (Å²) in [5.41, 5.74) is 0. The van der Waals surface area contributed by atoms with Gasteiger partial charge in [-0.25, -0.2) is 4.57 Å². The van der Waals surface area contributed by atoms with Crippen molar-refractivity contribution in [3.05, 3.63) is 0 Å². The molecule has 0 aliphatic rings. The molecule has 0 aliphatic heterocycles. The Labute approximate surface area is 145 Å². The van der Waals surface area contributed by atoms with Crippen LogP contribution in [0.1, 0.15) is 0 Å². The lowest BCUT2D eigenvalue weighted by Crippen LogP contribution is -2.47. The van der Waals surface area contributed by atoms with E-state index in [0.29, 0.717) is 0 Å². The first-order chi connectivity index (χ1) is 12.0. The van der Waals surface area contributed by atoms with Gasteiger partial charge >= 0.3 is 32.7 Å². The Kier molecular flexibility index (Phi) is 8.60. The lowest BCUT2D eigenvalue weighted by atomic mass is 10.3. The molecule has 0 saturated carbocycles. The molecular weight excluding hydrogens is 469 g/mol. The van der Waals surface area contributed by atoms with E-state index in [1.165, 1.54) is 0 Å². The molecule has 0 atom stereocenters. The topological polar surface area (TPSA) is 44.8 Å². The van der Waals surface area contributed by atoms with Crippen molar-refractivity contribution in [3.63, 3.8) is 0 Å². The maximum absolute atomic E-state index is 12.3. The molecule has 28 heavy (non-hydrogen) atoms. The van der Waals surface area contributed by atoms with Gasteiger partial charge in [0, 0.05) is 0 Å². The van der Waals surface area contributed by atoms with Crippen molar-refractivity contribution in [3.8, 4) is 0 Å². The van der Waals surface area contributed by atoms with Crippen LogP contribution < -0.4 is 0 Å². The standard InChI is InChI=1S/C9H7F14O4P/c10-6(11,12)4(7(13,14)15)25-1-3(27-28(22,23)24)2-26-5(8(16,17)18)9(19,20)21/h3-5H,1-2H2. The zero-order valence-electron chi connectivity index (χ0n) is 12.5. The maximum atomic E-state index is 12.3. The summed E-state index contributed by atoms with van der Waals surface area (Å²) >= 11 is 0. The van der Waals surface area contributed by atoms with Crippen LogP contribution in [0.3, 0.4) is 0 Å². The van der Waals surface area contributed by atoms with E-state index in [1.54, 1.807) is 0 Å². The van der Waals surface area contributed by atoms with E-state index in [-0.39, 0.29) is 0 Å². The summed E-state index contributed by atoms with van der Waals surface area (Å²) in [6.07, 6.45) is -37.1. The lowest BCUT2D eigenvalue weighted by molar-refractivity contribution is -0.331. The highest BCUT2D eigenvalue weighted by molar-refractivity contribution is 7.47. The summed E-state index contributed by atoms with van der Waals surface area (Å²) in [6, 6.07) is 0. The fourth-order valence-electron chi connectivity index (χ4n) is 1.44. The van der Waals surface area contributed by atoms with Crippen LogP contribution in [0.5, 0.6) is 0 Å². The lowest BCUT2D eigenvalue weighted by Gasteiger charge is -2.27. The zero-order chi connectivity index (χ0) is 22.8. The van der Waals surface area contributed by atoms with E-state index in [9.17, 15) is 65.6 Å². The third kappa shape index (κ3) is 10.1. The molecule has 0 amide bonds. The Balaban J connectivity index is 5.38. The molecule has 0 aliphatic carbocycles. The highest BCUT2D eigenvalue weighted by Gasteiger charge is 2.59. The second-order valence-corrected chi connectivity index (χ2v) is 5.77. The molecule has 0 aromatic rings. The van der Waals surface area contributed by atoms with Crippen LogP contribution in [-0.4, -0.2) is 56.2 Å². The predicted octanol–water partition coefficient (Wildman–Crippen LogP) is 5.44. The smallest absolute Gasteiger partial charge is 0.358 e. The molecule has 0 N–H and O–H groups in total. The first-order valence-electron chi connectivity index (χ1n) is 6.23. The van der Waals surface area contributed by atoms with Crippen molar-refractivity contribution in [2.45, 2.75) is 43.0 Å². The molecule has 4 nitrogen and oxygen atoms in total. The highest BCUT2D eigenvalue weighted by Crippen LogP contribution is 2.51. The Morgan fingerprint density at radius 2 is 0.857 bits per heavy atom. The van der Waals surface area contributed by atoms with Gasteiger partial charge in [0.2, 0.25) is 12.2 Å². The Morgan fingerprint density at radius 3 is 1.04 bits per heavy atom. The number of ether oxygens (including phenoxy) is 2. The van der Waals surface area contributed by atoms with Crippen LogP contribution >= 0.6 is 7.99 Å². The van der Waals surface area contributed by atoms with Gasteiger partial charge in [-0.15, -0.1) is 8.39 Å². The summed E-state index contributed by atoms with van der Waals surface area (Å²) < 4.78 is 191. The maximum Gasteiger partial charge on any atom is 0.552 e. The average molecular weight is 476 g/mol. The second kappa shape index (κ2) is 8.87. The summed E-state index contributed by atoms with van der Waals surface area (Å²) in [4.78, 5) is 0. The first kappa shape index (κ1) is 27.1. The predicted molar refractivity (Wildman–Crippen MR) is 58.4 cm³/mol. The van der Waals surface area contributed by atoms with Crippen LogP contribution in [0.4, 0.5) is 61.1 Å². The highest BCUT2D eigenvalue weighted by atomic mass is 31.2. The number of rotatable bonds is 8. The molecule has 170 valence electrons. The number of alkyl halides is 12. The van der Waals surface area contributed by atoms with E-state index in [2.05, 4.69) is 14.0 Å². The SMILES string of the molecule is O=P(F)(F)OC(COC(C(F)(F)F)C(F)(F)F)COC(C(F)(F)F)C(F)(F)F. The van der Waals surface area contributed by atoms with Crippen LogP contribution in [0.15, 0.2) is 0 Å². The third-order valence-corrected chi connectivity index (χ3v) is 2.90. The molecule has 0 heterocycles. The molecule has 19 heteroatoms. The van der Waals surface area contributed by atoms with Crippen molar-refractivity contribution in [1.82, 2.24) is 0 Å². The summed E-state index contributed by atoms with van der Waals surface area (Å²) in [6.45, 7) is -4.58. The van der Waals surface area contributed by atoms with Crippen molar-refractivity contribution < 1.29 is 79.6 Å². The van der Waals surface area contributed by atoms with Crippen molar-refractivity contribution >= 4 is 7.99 Å². The third-order valence-electron chi connectivity index (χ3n) is 2.36. The Hall–Kier alpha value is -0.870. The van der Waals surface area contributed by atoms with E-state index in [4.69, 9.17) is 0 Å². The van der Waals surface area contributed by atoms with E-state index < -0.39 is 64.2 Å². The fourth-order valence-corrected chi connectivity index (χ4v) is 1.91. The minimum Gasteiger partial charge on any atom is -0.358 e. The quantitative estimate of drug-likeness (QED) is 0.346. The first-order valence-corrected chi connectivity index (χ1v) is 7.63. The minimum absolute atomic E-state index is 2.29. The molecule has 0 rings (SSSR count). The molecule has 0 saturated heterocycles. The fraction of sp³-hybridized carbons (Fsp3) is 1.00. The number of hydrogen-bond donors (Lipinski definition) is 0. The molecule has 0 spiro atoms. The second-order valence-electron chi connectivity index (χ2n) is 4.74. The Bertz CT molecular complexity index is 467. The largest absolute Gasteiger partial charge is 0.552 e. The van der Waals surface area contributed by atoms with Gasteiger partial charge in [0.25, 0.3) is 0 Å². The van der Waals surface area contributed by atoms with Gasteiger partial charge in [0.05, 0.1) is 13.2 Å². The van der Waals surface area contributed by atoms with Gasteiger partial charge in [-0.2, -0.15) is 52.7 Å². The van der Waals surface area contributed by atoms with Crippen LogP contribution in [-0.2, 0) is 18.6 Å². The van der Waals surface area contributed by atoms with E-state index in [0.717, 1.165) is 0 Å². The van der Waals surface area contributed by atoms with Gasteiger partial charge in [-0.3, -0.25) is 4.52 Å². The van der Waals surface area contributed by atoms with Gasteiger partial charge in [-0.05, 0) is 0 Å². The van der Waals surface area contributed by atoms with Crippen molar-refractivity contribution in [2.24, 2.45) is 0 Å². The van der Waals surface area contributed by atoms with Crippen LogP contribution in [0, 0.1) is 0 Å². The molecule has 0 aromatic heterocycles. The molecule has 0 aromatic carbocycles. The van der Waals surface area contributed by atoms with Gasteiger partial charge in [-0.1, -0.05) is 0 Å². The van der Waals surface area contributed by atoms with E-state index in [1.807, 2.05) is 0 Å².